The molecule has 0 bridgehead atoms. The lowest BCUT2D eigenvalue weighted by molar-refractivity contribution is -0.158. The molecule has 1 atom stereocenters. The van der Waals surface area contributed by atoms with Crippen LogP contribution in [0.15, 0.2) is 24.3 Å². The van der Waals surface area contributed by atoms with Crippen LogP contribution in [-0.2, 0) is 19.1 Å². The normalized spacial score (nSPS) is 16.2. The molecule has 1 saturated heterocycles. The topological polar surface area (TPSA) is 84.9 Å². The number of esters is 1. The van der Waals surface area contributed by atoms with Crippen LogP contribution in [0.2, 0.25) is 0 Å². The summed E-state index contributed by atoms with van der Waals surface area (Å²) in [7, 11) is 0. The van der Waals surface area contributed by atoms with Crippen molar-refractivity contribution in [3.63, 3.8) is 0 Å². The molecule has 0 saturated carbocycles. The Bertz CT molecular complexity index is 706. The highest BCUT2D eigenvalue weighted by Gasteiger charge is 2.32. The van der Waals surface area contributed by atoms with Gasteiger partial charge in [-0.05, 0) is 64.8 Å². The Hall–Kier alpha value is -2.64. The fourth-order valence-electron chi connectivity index (χ4n) is 2.73. The van der Waals surface area contributed by atoms with Crippen LogP contribution in [0.1, 0.15) is 40.5 Å². The van der Waals surface area contributed by atoms with Crippen molar-refractivity contribution in [2.75, 3.05) is 18.4 Å². The SMILES string of the molecule is C[C@H](OC(=O)C1CCN(C(=O)OC(C)(C)C)CC1)C(=O)Nc1ccc(F)cc1. The van der Waals surface area contributed by atoms with Crippen LogP contribution < -0.4 is 5.32 Å². The number of carbonyl (C=O) groups excluding carboxylic acids is 3. The minimum absolute atomic E-state index is 0.375. The predicted octanol–water partition coefficient (Wildman–Crippen LogP) is 3.34. The van der Waals surface area contributed by atoms with E-state index in [1.807, 2.05) is 0 Å². The number of nitrogens with zero attached hydrogens (tertiary/aromatic N) is 1. The Morgan fingerprint density at radius 1 is 1.14 bits per heavy atom. The summed E-state index contributed by atoms with van der Waals surface area (Å²) in [6.45, 7) is 7.66. The van der Waals surface area contributed by atoms with Crippen LogP contribution in [0, 0.1) is 11.7 Å². The number of ether oxygens (including phenoxy) is 2. The number of anilines is 1. The van der Waals surface area contributed by atoms with Crippen LogP contribution >= 0.6 is 0 Å². The molecule has 2 amide bonds. The summed E-state index contributed by atoms with van der Waals surface area (Å²) in [6.07, 6.45) is -0.484. The maximum Gasteiger partial charge on any atom is 0.410 e. The minimum atomic E-state index is -0.985. The van der Waals surface area contributed by atoms with Gasteiger partial charge in [-0.15, -0.1) is 0 Å². The van der Waals surface area contributed by atoms with Gasteiger partial charge in [0.05, 0.1) is 5.92 Å². The molecule has 1 aliphatic heterocycles. The second kappa shape index (κ2) is 9.03. The average Bonchev–Trinajstić information content (AvgIpc) is 2.62. The zero-order valence-electron chi connectivity index (χ0n) is 16.7. The Labute approximate surface area is 164 Å². The van der Waals surface area contributed by atoms with Crippen molar-refractivity contribution in [1.29, 1.82) is 0 Å². The van der Waals surface area contributed by atoms with Gasteiger partial charge in [-0.3, -0.25) is 9.59 Å². The van der Waals surface area contributed by atoms with E-state index >= 15 is 0 Å². The van der Waals surface area contributed by atoms with Gasteiger partial charge >= 0.3 is 12.1 Å². The van der Waals surface area contributed by atoms with Gasteiger partial charge in [0.25, 0.3) is 5.91 Å². The number of benzene rings is 1. The van der Waals surface area contributed by atoms with Crippen molar-refractivity contribution < 1.29 is 28.2 Å². The highest BCUT2D eigenvalue weighted by molar-refractivity contribution is 5.95. The summed E-state index contributed by atoms with van der Waals surface area (Å²) < 4.78 is 23.5. The highest BCUT2D eigenvalue weighted by atomic mass is 19.1. The molecule has 0 radical (unpaired) electrons. The molecule has 7 nitrogen and oxygen atoms in total. The fourth-order valence-corrected chi connectivity index (χ4v) is 2.73. The third kappa shape index (κ3) is 6.51. The lowest BCUT2D eigenvalue weighted by atomic mass is 9.97. The molecule has 0 aliphatic carbocycles. The molecular formula is C20H27FN2O5. The zero-order valence-corrected chi connectivity index (χ0v) is 16.7. The van der Waals surface area contributed by atoms with E-state index in [2.05, 4.69) is 5.32 Å². The fraction of sp³-hybridized carbons (Fsp3) is 0.550. The van der Waals surface area contributed by atoms with Crippen molar-refractivity contribution in [3.05, 3.63) is 30.1 Å². The van der Waals surface area contributed by atoms with Gasteiger partial charge in [-0.25, -0.2) is 9.18 Å². The third-order valence-electron chi connectivity index (χ3n) is 4.25. The van der Waals surface area contributed by atoms with Crippen LogP contribution in [0.5, 0.6) is 0 Å². The monoisotopic (exact) mass is 394 g/mol. The van der Waals surface area contributed by atoms with Gasteiger partial charge in [-0.1, -0.05) is 0 Å². The first-order valence-corrected chi connectivity index (χ1v) is 9.30. The predicted molar refractivity (Wildman–Crippen MR) is 101 cm³/mol. The second-order valence-corrected chi connectivity index (χ2v) is 7.82. The standard InChI is InChI=1S/C20H27FN2O5/c1-13(17(24)22-16-7-5-15(21)6-8-16)27-18(25)14-9-11-23(12-10-14)19(26)28-20(2,3)4/h5-8,13-14H,9-12H2,1-4H3,(H,22,24)/t13-/m0/s1. The summed E-state index contributed by atoms with van der Waals surface area (Å²) in [5.74, 6) is -1.74. The Kier molecular flexibility index (Phi) is 6.99. The smallest absolute Gasteiger partial charge is 0.410 e. The van der Waals surface area contributed by atoms with Crippen LogP contribution in [0.3, 0.4) is 0 Å². The van der Waals surface area contributed by atoms with Crippen LogP contribution in [0.4, 0.5) is 14.9 Å². The molecular weight excluding hydrogens is 367 g/mol. The summed E-state index contributed by atoms with van der Waals surface area (Å²) in [6, 6.07) is 5.30. The Morgan fingerprint density at radius 3 is 2.25 bits per heavy atom. The molecule has 2 rings (SSSR count). The summed E-state index contributed by atoms with van der Waals surface area (Å²) in [5, 5.41) is 2.57. The molecule has 0 unspecified atom stereocenters. The lowest BCUT2D eigenvalue weighted by Gasteiger charge is -2.32. The van der Waals surface area contributed by atoms with Crippen molar-refractivity contribution in [1.82, 2.24) is 4.90 Å². The van der Waals surface area contributed by atoms with Crippen LogP contribution in [0.25, 0.3) is 0 Å². The van der Waals surface area contributed by atoms with E-state index in [0.717, 1.165) is 0 Å². The van der Waals surface area contributed by atoms with Gasteiger partial charge in [-0.2, -0.15) is 0 Å². The summed E-state index contributed by atoms with van der Waals surface area (Å²) in [5.41, 5.74) is -0.153. The molecule has 0 aromatic heterocycles. The first kappa shape index (κ1) is 21.7. The van der Waals surface area contributed by atoms with E-state index in [-0.39, 0.29) is 5.92 Å². The van der Waals surface area contributed by atoms with E-state index in [1.54, 1.807) is 25.7 Å². The highest BCUT2D eigenvalue weighted by Crippen LogP contribution is 2.21. The number of piperidine rings is 1. The number of amides is 2. The van der Waals surface area contributed by atoms with E-state index in [0.29, 0.717) is 31.6 Å². The van der Waals surface area contributed by atoms with E-state index in [1.165, 1.54) is 31.2 Å². The number of rotatable bonds is 4. The molecule has 1 heterocycles. The van der Waals surface area contributed by atoms with E-state index in [9.17, 15) is 18.8 Å². The molecule has 1 aromatic carbocycles. The number of likely N-dealkylation sites (tertiary alicyclic amines) is 1. The second-order valence-electron chi connectivity index (χ2n) is 7.82. The molecule has 1 aliphatic rings. The molecule has 1 fully saturated rings. The van der Waals surface area contributed by atoms with Crippen molar-refractivity contribution in [2.45, 2.75) is 52.2 Å². The van der Waals surface area contributed by atoms with Gasteiger partial charge < -0.3 is 19.7 Å². The lowest BCUT2D eigenvalue weighted by Crippen LogP contribution is -2.43. The molecule has 0 spiro atoms. The Balaban J connectivity index is 1.79. The number of hydrogen-bond donors (Lipinski definition) is 1. The largest absolute Gasteiger partial charge is 0.452 e. The molecule has 1 N–H and O–H groups in total. The minimum Gasteiger partial charge on any atom is -0.452 e. The van der Waals surface area contributed by atoms with Crippen molar-refractivity contribution in [3.8, 4) is 0 Å². The summed E-state index contributed by atoms with van der Waals surface area (Å²) in [4.78, 5) is 38.1. The average molecular weight is 394 g/mol. The van der Waals surface area contributed by atoms with Crippen molar-refractivity contribution in [2.24, 2.45) is 5.92 Å². The first-order valence-electron chi connectivity index (χ1n) is 9.30. The molecule has 28 heavy (non-hydrogen) atoms. The molecule has 1 aromatic rings. The Morgan fingerprint density at radius 2 is 1.71 bits per heavy atom. The molecule has 154 valence electrons. The van der Waals surface area contributed by atoms with E-state index < -0.39 is 35.5 Å². The third-order valence-corrected chi connectivity index (χ3v) is 4.25. The molecule has 8 heteroatoms. The van der Waals surface area contributed by atoms with Gasteiger partial charge in [0.1, 0.15) is 11.4 Å². The number of nitrogens with one attached hydrogen (secondary N) is 1. The van der Waals surface area contributed by atoms with Gasteiger partial charge in [0.2, 0.25) is 0 Å². The number of hydrogen-bond acceptors (Lipinski definition) is 5. The van der Waals surface area contributed by atoms with Gasteiger partial charge in [0.15, 0.2) is 6.10 Å². The summed E-state index contributed by atoms with van der Waals surface area (Å²) >= 11 is 0. The quantitative estimate of drug-likeness (QED) is 0.792. The number of halogens is 1. The van der Waals surface area contributed by atoms with Crippen molar-refractivity contribution >= 4 is 23.7 Å². The maximum atomic E-state index is 12.9. The van der Waals surface area contributed by atoms with E-state index in [4.69, 9.17) is 9.47 Å². The zero-order chi connectivity index (χ0) is 20.9. The number of carbonyl (C=O) groups is 3. The van der Waals surface area contributed by atoms with Crippen LogP contribution in [-0.4, -0.2) is 47.7 Å². The first-order chi connectivity index (χ1) is 13.0. The van der Waals surface area contributed by atoms with Gasteiger partial charge in [0, 0.05) is 18.8 Å². The maximum absolute atomic E-state index is 12.9.